The molecule has 96 valence electrons. The average molecular weight is 246 g/mol. The Morgan fingerprint density at radius 1 is 1.22 bits per heavy atom. The van der Waals surface area contributed by atoms with E-state index in [9.17, 15) is 0 Å². The third-order valence-electron chi connectivity index (χ3n) is 2.99. The van der Waals surface area contributed by atoms with Crippen LogP contribution in [0.2, 0.25) is 0 Å². The molecule has 1 aromatic rings. The summed E-state index contributed by atoms with van der Waals surface area (Å²) in [6.45, 7) is 3.02. The maximum Gasteiger partial charge on any atom is 0.161 e. The zero-order valence-corrected chi connectivity index (χ0v) is 10.7. The molecule has 1 aliphatic rings. The summed E-state index contributed by atoms with van der Waals surface area (Å²) in [6.07, 6.45) is 1.54. The quantitative estimate of drug-likeness (QED) is 0.795. The van der Waals surface area contributed by atoms with Gasteiger partial charge in [-0.15, -0.1) is 0 Å². The SMILES string of the molecule is CN(CCC#N)CCc1ccc2c(c1)OCCO2. The normalized spacial score (nSPS) is 13.4. The minimum Gasteiger partial charge on any atom is -0.486 e. The molecule has 4 heteroatoms. The van der Waals surface area contributed by atoms with Crippen LogP contribution in [0.15, 0.2) is 18.2 Å². The highest BCUT2D eigenvalue weighted by Crippen LogP contribution is 2.30. The Hall–Kier alpha value is -1.73. The van der Waals surface area contributed by atoms with Crippen LogP contribution in [-0.4, -0.2) is 38.3 Å². The summed E-state index contributed by atoms with van der Waals surface area (Å²) in [5, 5.41) is 8.53. The van der Waals surface area contributed by atoms with Crippen LogP contribution in [0.25, 0.3) is 0 Å². The van der Waals surface area contributed by atoms with Crippen molar-refractivity contribution in [3.05, 3.63) is 23.8 Å². The van der Waals surface area contributed by atoms with Crippen molar-refractivity contribution < 1.29 is 9.47 Å². The van der Waals surface area contributed by atoms with Gasteiger partial charge in [-0.1, -0.05) is 6.07 Å². The molecule has 1 aromatic carbocycles. The lowest BCUT2D eigenvalue weighted by Gasteiger charge is -2.19. The lowest BCUT2D eigenvalue weighted by molar-refractivity contribution is 0.171. The maximum absolute atomic E-state index is 8.53. The predicted molar refractivity (Wildman–Crippen MR) is 68.9 cm³/mol. The Kier molecular flexibility index (Phi) is 4.43. The molecule has 0 unspecified atom stereocenters. The van der Waals surface area contributed by atoms with Crippen LogP contribution in [-0.2, 0) is 6.42 Å². The molecule has 18 heavy (non-hydrogen) atoms. The van der Waals surface area contributed by atoms with Crippen molar-refractivity contribution in [3.63, 3.8) is 0 Å². The largest absolute Gasteiger partial charge is 0.486 e. The first-order chi connectivity index (χ1) is 8.79. The van der Waals surface area contributed by atoms with E-state index in [1.54, 1.807) is 0 Å². The summed E-state index contributed by atoms with van der Waals surface area (Å²) in [7, 11) is 2.04. The number of hydrogen-bond donors (Lipinski definition) is 0. The lowest BCUT2D eigenvalue weighted by Crippen LogP contribution is -2.22. The van der Waals surface area contributed by atoms with Crippen LogP contribution >= 0.6 is 0 Å². The second-order valence-electron chi connectivity index (χ2n) is 4.44. The molecule has 0 amide bonds. The maximum atomic E-state index is 8.53. The van der Waals surface area contributed by atoms with Crippen molar-refractivity contribution in [2.75, 3.05) is 33.4 Å². The molecule has 0 N–H and O–H groups in total. The first kappa shape index (κ1) is 12.7. The molecule has 0 atom stereocenters. The van der Waals surface area contributed by atoms with Crippen molar-refractivity contribution >= 4 is 0 Å². The van der Waals surface area contributed by atoms with E-state index in [0.29, 0.717) is 19.6 Å². The number of fused-ring (bicyclic) bond motifs is 1. The molecule has 2 rings (SSSR count). The fraction of sp³-hybridized carbons (Fsp3) is 0.500. The number of benzene rings is 1. The molecule has 0 aliphatic carbocycles. The fourth-order valence-corrected chi connectivity index (χ4v) is 1.92. The monoisotopic (exact) mass is 246 g/mol. The summed E-state index contributed by atoms with van der Waals surface area (Å²) >= 11 is 0. The molecule has 0 bridgehead atoms. The summed E-state index contributed by atoms with van der Waals surface area (Å²) in [6, 6.07) is 8.25. The minimum atomic E-state index is 0.581. The van der Waals surface area contributed by atoms with E-state index >= 15 is 0 Å². The van der Waals surface area contributed by atoms with E-state index in [2.05, 4.69) is 17.0 Å². The standard InChI is InChI=1S/C14H18N2O2/c1-16(7-2-6-15)8-5-12-3-4-13-14(11-12)18-10-9-17-13/h3-4,11H,2,5,7-10H2,1H3. The smallest absolute Gasteiger partial charge is 0.161 e. The number of ether oxygens (including phenoxy) is 2. The molecule has 0 saturated heterocycles. The van der Waals surface area contributed by atoms with E-state index in [-0.39, 0.29) is 0 Å². The molecular formula is C14H18N2O2. The minimum absolute atomic E-state index is 0.581. The average Bonchev–Trinajstić information content (AvgIpc) is 2.42. The van der Waals surface area contributed by atoms with Gasteiger partial charge in [0.2, 0.25) is 0 Å². The Bertz CT molecular complexity index is 440. The van der Waals surface area contributed by atoms with Crippen LogP contribution in [0, 0.1) is 11.3 Å². The summed E-state index contributed by atoms with van der Waals surface area (Å²) in [4.78, 5) is 2.17. The molecule has 0 saturated carbocycles. The first-order valence-electron chi connectivity index (χ1n) is 6.23. The summed E-state index contributed by atoms with van der Waals surface area (Å²) in [5.41, 5.74) is 1.24. The second-order valence-corrected chi connectivity index (χ2v) is 4.44. The highest BCUT2D eigenvalue weighted by molar-refractivity contribution is 5.43. The molecule has 0 radical (unpaired) electrons. The van der Waals surface area contributed by atoms with Gasteiger partial charge in [-0.2, -0.15) is 5.26 Å². The van der Waals surface area contributed by atoms with Gasteiger partial charge in [-0.25, -0.2) is 0 Å². The van der Waals surface area contributed by atoms with Gasteiger partial charge in [-0.05, 0) is 31.2 Å². The molecule has 4 nitrogen and oxygen atoms in total. The molecule has 0 spiro atoms. The van der Waals surface area contributed by atoms with Gasteiger partial charge in [0.25, 0.3) is 0 Å². The van der Waals surface area contributed by atoms with Crippen LogP contribution in [0.3, 0.4) is 0 Å². The van der Waals surface area contributed by atoms with Gasteiger partial charge < -0.3 is 14.4 Å². The van der Waals surface area contributed by atoms with E-state index in [0.717, 1.165) is 31.0 Å². The molecule has 0 aromatic heterocycles. The first-order valence-corrected chi connectivity index (χ1v) is 6.23. The van der Waals surface area contributed by atoms with E-state index in [1.807, 2.05) is 19.2 Å². The van der Waals surface area contributed by atoms with Crippen LogP contribution in [0.1, 0.15) is 12.0 Å². The van der Waals surface area contributed by atoms with Gasteiger partial charge in [0, 0.05) is 19.5 Å². The van der Waals surface area contributed by atoms with E-state index < -0.39 is 0 Å². The van der Waals surface area contributed by atoms with Gasteiger partial charge in [0.1, 0.15) is 13.2 Å². The van der Waals surface area contributed by atoms with Crippen molar-refractivity contribution in [1.29, 1.82) is 5.26 Å². The number of hydrogen-bond acceptors (Lipinski definition) is 4. The van der Waals surface area contributed by atoms with Crippen LogP contribution < -0.4 is 9.47 Å². The Labute approximate surface area is 108 Å². The summed E-state index contributed by atoms with van der Waals surface area (Å²) in [5.74, 6) is 1.68. The molecule has 1 heterocycles. The third kappa shape index (κ3) is 3.38. The van der Waals surface area contributed by atoms with Gasteiger partial charge in [0.15, 0.2) is 11.5 Å². The van der Waals surface area contributed by atoms with Crippen molar-refractivity contribution in [3.8, 4) is 17.6 Å². The predicted octanol–water partition coefficient (Wildman–Crippen LogP) is 1.85. The Morgan fingerprint density at radius 2 is 2.00 bits per heavy atom. The van der Waals surface area contributed by atoms with E-state index in [1.165, 1.54) is 5.56 Å². The van der Waals surface area contributed by atoms with Crippen LogP contribution in [0.4, 0.5) is 0 Å². The topological polar surface area (TPSA) is 45.5 Å². The number of likely N-dealkylation sites (N-methyl/N-ethyl adjacent to an activating group) is 1. The molecule has 0 fully saturated rings. The van der Waals surface area contributed by atoms with Crippen molar-refractivity contribution in [2.24, 2.45) is 0 Å². The summed E-state index contributed by atoms with van der Waals surface area (Å²) < 4.78 is 11.0. The zero-order valence-electron chi connectivity index (χ0n) is 10.7. The van der Waals surface area contributed by atoms with Crippen molar-refractivity contribution in [1.82, 2.24) is 4.90 Å². The number of rotatable bonds is 5. The molecular weight excluding hydrogens is 228 g/mol. The van der Waals surface area contributed by atoms with Gasteiger partial charge in [-0.3, -0.25) is 0 Å². The van der Waals surface area contributed by atoms with Crippen LogP contribution in [0.5, 0.6) is 11.5 Å². The highest BCUT2D eigenvalue weighted by Gasteiger charge is 2.11. The second kappa shape index (κ2) is 6.27. The molecule has 1 aliphatic heterocycles. The van der Waals surface area contributed by atoms with E-state index in [4.69, 9.17) is 14.7 Å². The number of nitrogens with zero attached hydrogens (tertiary/aromatic N) is 2. The van der Waals surface area contributed by atoms with Gasteiger partial charge in [0.05, 0.1) is 6.07 Å². The third-order valence-corrected chi connectivity index (χ3v) is 2.99. The Morgan fingerprint density at radius 3 is 2.78 bits per heavy atom. The zero-order chi connectivity index (χ0) is 12.8. The lowest BCUT2D eigenvalue weighted by atomic mass is 10.1. The number of nitriles is 1. The fourth-order valence-electron chi connectivity index (χ4n) is 1.92. The Balaban J connectivity index is 1.88. The van der Waals surface area contributed by atoms with Gasteiger partial charge >= 0.3 is 0 Å². The highest BCUT2D eigenvalue weighted by atomic mass is 16.6. The van der Waals surface area contributed by atoms with Crippen molar-refractivity contribution in [2.45, 2.75) is 12.8 Å².